The lowest BCUT2D eigenvalue weighted by molar-refractivity contribution is 0.279. The largest absolute Gasteiger partial charge is 0.490 e. The number of benzene rings is 2. The van der Waals surface area contributed by atoms with Gasteiger partial charge in [0.05, 0.1) is 6.61 Å². The van der Waals surface area contributed by atoms with Crippen molar-refractivity contribution < 1.29 is 13.5 Å². The minimum Gasteiger partial charge on any atom is -0.490 e. The fourth-order valence-electron chi connectivity index (χ4n) is 1.77. The third kappa shape index (κ3) is 3.47. The number of thiol groups is 1. The van der Waals surface area contributed by atoms with Gasteiger partial charge in [-0.1, -0.05) is 36.4 Å². The minimum absolute atomic E-state index is 0.0344. The maximum atomic E-state index is 13.4. The van der Waals surface area contributed by atoms with Crippen LogP contribution in [0.4, 0.5) is 8.78 Å². The lowest BCUT2D eigenvalue weighted by Crippen LogP contribution is -2.12. The Balaban J connectivity index is 2.06. The van der Waals surface area contributed by atoms with E-state index >= 15 is 0 Å². The van der Waals surface area contributed by atoms with Crippen LogP contribution in [-0.2, 0) is 0 Å². The van der Waals surface area contributed by atoms with E-state index in [1.807, 2.05) is 30.3 Å². The SMILES string of the molecule is Fc1cccc(OCC(CS)c2ccccc2)c1F. The molecule has 100 valence electrons. The Morgan fingerprint density at radius 1 is 1.00 bits per heavy atom. The third-order valence-corrected chi connectivity index (χ3v) is 3.29. The monoisotopic (exact) mass is 280 g/mol. The second kappa shape index (κ2) is 6.57. The summed E-state index contributed by atoms with van der Waals surface area (Å²) in [5.41, 5.74) is 1.06. The second-order valence-corrected chi connectivity index (χ2v) is 4.52. The van der Waals surface area contributed by atoms with Gasteiger partial charge in [0.2, 0.25) is 5.82 Å². The number of ether oxygens (including phenoxy) is 1. The first-order chi connectivity index (χ1) is 9.22. The highest BCUT2D eigenvalue weighted by Crippen LogP contribution is 2.23. The summed E-state index contributed by atoms with van der Waals surface area (Å²) in [6.07, 6.45) is 0. The van der Waals surface area contributed by atoms with Crippen molar-refractivity contribution in [3.8, 4) is 5.75 Å². The van der Waals surface area contributed by atoms with Crippen LogP contribution in [-0.4, -0.2) is 12.4 Å². The molecule has 1 unspecified atom stereocenters. The first-order valence-electron chi connectivity index (χ1n) is 5.95. The second-order valence-electron chi connectivity index (χ2n) is 4.15. The van der Waals surface area contributed by atoms with Crippen molar-refractivity contribution in [2.24, 2.45) is 0 Å². The van der Waals surface area contributed by atoms with E-state index in [1.165, 1.54) is 12.1 Å². The Morgan fingerprint density at radius 3 is 2.42 bits per heavy atom. The molecule has 0 heterocycles. The van der Waals surface area contributed by atoms with Gasteiger partial charge in [-0.25, -0.2) is 4.39 Å². The molecule has 0 N–H and O–H groups in total. The standard InChI is InChI=1S/C15H14F2OS/c16-13-7-4-8-14(15(13)17)18-9-12(10-19)11-5-2-1-3-6-11/h1-8,12,19H,9-10H2. The molecule has 4 heteroatoms. The van der Waals surface area contributed by atoms with Gasteiger partial charge >= 0.3 is 0 Å². The van der Waals surface area contributed by atoms with Crippen LogP contribution in [0.3, 0.4) is 0 Å². The number of rotatable bonds is 5. The van der Waals surface area contributed by atoms with Crippen LogP contribution in [0.1, 0.15) is 11.5 Å². The third-order valence-electron chi connectivity index (χ3n) is 2.85. The highest BCUT2D eigenvalue weighted by atomic mass is 32.1. The van der Waals surface area contributed by atoms with Crippen LogP contribution in [0, 0.1) is 11.6 Å². The van der Waals surface area contributed by atoms with Crippen molar-refractivity contribution in [2.45, 2.75) is 5.92 Å². The lowest BCUT2D eigenvalue weighted by atomic mass is 10.0. The Hall–Kier alpha value is -1.55. The van der Waals surface area contributed by atoms with E-state index in [0.717, 1.165) is 11.6 Å². The molecular formula is C15H14F2OS. The highest BCUT2D eigenvalue weighted by molar-refractivity contribution is 7.80. The molecule has 2 rings (SSSR count). The molecule has 0 radical (unpaired) electrons. The average Bonchev–Trinajstić information content (AvgIpc) is 2.45. The first-order valence-corrected chi connectivity index (χ1v) is 6.58. The predicted octanol–water partition coefficient (Wildman–Crippen LogP) is 4.06. The van der Waals surface area contributed by atoms with Gasteiger partial charge < -0.3 is 4.74 Å². The molecule has 1 nitrogen and oxygen atoms in total. The van der Waals surface area contributed by atoms with Crippen molar-refractivity contribution in [3.63, 3.8) is 0 Å². The summed E-state index contributed by atoms with van der Waals surface area (Å²) < 4.78 is 31.8. The Labute approximate surface area is 116 Å². The van der Waals surface area contributed by atoms with E-state index in [-0.39, 0.29) is 18.3 Å². The van der Waals surface area contributed by atoms with Crippen LogP contribution in [0.15, 0.2) is 48.5 Å². The molecular weight excluding hydrogens is 266 g/mol. The van der Waals surface area contributed by atoms with Crippen LogP contribution in [0.2, 0.25) is 0 Å². The van der Waals surface area contributed by atoms with Crippen LogP contribution >= 0.6 is 12.6 Å². The van der Waals surface area contributed by atoms with Crippen molar-refractivity contribution in [2.75, 3.05) is 12.4 Å². The summed E-state index contributed by atoms with van der Waals surface area (Å²) in [5, 5.41) is 0. The summed E-state index contributed by atoms with van der Waals surface area (Å²) >= 11 is 4.27. The molecule has 0 saturated carbocycles. The summed E-state index contributed by atoms with van der Waals surface area (Å²) in [6, 6.07) is 13.6. The van der Waals surface area contributed by atoms with Crippen LogP contribution in [0.5, 0.6) is 5.75 Å². The molecule has 0 fully saturated rings. The summed E-state index contributed by atoms with van der Waals surface area (Å²) in [4.78, 5) is 0. The number of hydrogen-bond donors (Lipinski definition) is 1. The van der Waals surface area contributed by atoms with Crippen LogP contribution < -0.4 is 4.74 Å². The smallest absolute Gasteiger partial charge is 0.200 e. The summed E-state index contributed by atoms with van der Waals surface area (Å²) in [5.74, 6) is -1.32. The van der Waals surface area contributed by atoms with E-state index in [4.69, 9.17) is 4.74 Å². The number of halogens is 2. The maximum Gasteiger partial charge on any atom is 0.200 e. The van der Waals surface area contributed by atoms with E-state index in [1.54, 1.807) is 0 Å². The van der Waals surface area contributed by atoms with Gasteiger partial charge in [-0.2, -0.15) is 17.0 Å². The lowest BCUT2D eigenvalue weighted by Gasteiger charge is -2.16. The molecule has 0 aliphatic rings. The van der Waals surface area contributed by atoms with Crippen molar-refractivity contribution in [1.29, 1.82) is 0 Å². The summed E-state index contributed by atoms with van der Waals surface area (Å²) in [7, 11) is 0. The van der Waals surface area contributed by atoms with Gasteiger partial charge in [-0.05, 0) is 17.7 Å². The highest BCUT2D eigenvalue weighted by Gasteiger charge is 2.13. The Kier molecular flexibility index (Phi) is 4.80. The zero-order valence-corrected chi connectivity index (χ0v) is 11.1. The molecule has 2 aromatic rings. The Bertz CT molecular complexity index is 531. The van der Waals surface area contributed by atoms with E-state index < -0.39 is 11.6 Å². The molecule has 0 aliphatic carbocycles. The molecule has 1 atom stereocenters. The molecule has 0 bridgehead atoms. The van der Waals surface area contributed by atoms with Crippen molar-refractivity contribution >= 4 is 12.6 Å². The van der Waals surface area contributed by atoms with Gasteiger partial charge in [0.1, 0.15) is 0 Å². The topological polar surface area (TPSA) is 9.23 Å². The normalized spacial score (nSPS) is 12.2. The molecule has 0 saturated heterocycles. The van der Waals surface area contributed by atoms with Crippen molar-refractivity contribution in [1.82, 2.24) is 0 Å². The fourth-order valence-corrected chi connectivity index (χ4v) is 2.08. The van der Waals surface area contributed by atoms with E-state index in [0.29, 0.717) is 5.75 Å². The maximum absolute atomic E-state index is 13.4. The minimum atomic E-state index is -0.950. The predicted molar refractivity (Wildman–Crippen MR) is 74.9 cm³/mol. The van der Waals surface area contributed by atoms with Gasteiger partial charge in [0.15, 0.2) is 11.6 Å². The quantitative estimate of drug-likeness (QED) is 0.813. The van der Waals surface area contributed by atoms with E-state index in [2.05, 4.69) is 12.6 Å². The van der Waals surface area contributed by atoms with Crippen LogP contribution in [0.25, 0.3) is 0 Å². The van der Waals surface area contributed by atoms with Gasteiger partial charge in [-0.15, -0.1) is 0 Å². The summed E-state index contributed by atoms with van der Waals surface area (Å²) in [6.45, 7) is 0.258. The zero-order chi connectivity index (χ0) is 13.7. The fraction of sp³-hybridized carbons (Fsp3) is 0.200. The van der Waals surface area contributed by atoms with Gasteiger partial charge in [-0.3, -0.25) is 0 Å². The average molecular weight is 280 g/mol. The first kappa shape index (κ1) is 13.9. The zero-order valence-electron chi connectivity index (χ0n) is 10.2. The molecule has 0 amide bonds. The van der Waals surface area contributed by atoms with Crippen molar-refractivity contribution in [3.05, 3.63) is 65.7 Å². The molecule has 19 heavy (non-hydrogen) atoms. The molecule has 2 aromatic carbocycles. The molecule has 0 aliphatic heterocycles. The number of hydrogen-bond acceptors (Lipinski definition) is 2. The molecule has 0 spiro atoms. The Morgan fingerprint density at radius 2 is 1.74 bits per heavy atom. The van der Waals surface area contributed by atoms with Gasteiger partial charge in [0.25, 0.3) is 0 Å². The van der Waals surface area contributed by atoms with E-state index in [9.17, 15) is 8.78 Å². The van der Waals surface area contributed by atoms with Gasteiger partial charge in [0, 0.05) is 11.7 Å². The molecule has 0 aromatic heterocycles.